The van der Waals surface area contributed by atoms with Gasteiger partial charge in [-0.3, -0.25) is 24.5 Å². The summed E-state index contributed by atoms with van der Waals surface area (Å²) in [6.45, 7) is 6.24. The second-order valence-corrected chi connectivity index (χ2v) is 24.5. The van der Waals surface area contributed by atoms with E-state index in [1.807, 2.05) is 0 Å². The monoisotopic (exact) mass is 1320 g/mol. The van der Waals surface area contributed by atoms with E-state index in [0.29, 0.717) is 5.56 Å². The van der Waals surface area contributed by atoms with Crippen molar-refractivity contribution in [3.8, 4) is 0 Å². The van der Waals surface area contributed by atoms with Gasteiger partial charge in [-0.05, 0) is 72.5 Å². The zero-order valence-corrected chi connectivity index (χ0v) is 52.5. The Bertz CT molecular complexity index is 3590. The molecule has 29 nitrogen and oxygen atoms in total. The average Bonchev–Trinajstić information content (AvgIpc) is 0.670. The molecule has 16 atom stereocenters. The zero-order chi connectivity index (χ0) is 69.1. The summed E-state index contributed by atoms with van der Waals surface area (Å²) in [4.78, 5) is 139. The number of anilines is 1. The number of aliphatic carboxylic acids is 1. The summed E-state index contributed by atoms with van der Waals surface area (Å²) < 4.78 is 57.4. The fourth-order valence-electron chi connectivity index (χ4n) is 13.1. The van der Waals surface area contributed by atoms with Crippen molar-refractivity contribution in [1.82, 2.24) is 10.2 Å². The molecule has 8 N–H and O–H groups in total. The molecular formula is C66H73N3O26. The number of aliphatic hydroxyl groups is 5. The number of ketones is 1. The number of hydrogen-bond donors (Lipinski definition) is 8. The van der Waals surface area contributed by atoms with E-state index < -0.39 is 181 Å². The quantitative estimate of drug-likeness (QED) is 0.0377. The van der Waals surface area contributed by atoms with E-state index >= 15 is 9.59 Å². The molecule has 29 heteroatoms. The second-order valence-electron chi connectivity index (χ2n) is 24.5. The molecule has 0 radical (unpaired) electrons. The molecule has 1 unspecified atom stereocenters. The predicted molar refractivity (Wildman–Crippen MR) is 322 cm³/mol. The first-order chi connectivity index (χ1) is 44.9. The minimum atomic E-state index is -2.58. The third kappa shape index (κ3) is 14.1. The van der Waals surface area contributed by atoms with Crippen molar-refractivity contribution in [3.05, 3.63) is 149 Å². The number of carboxylic acids is 1. The van der Waals surface area contributed by atoms with Crippen molar-refractivity contribution < 1.29 is 126 Å². The Morgan fingerprint density at radius 2 is 1.37 bits per heavy atom. The van der Waals surface area contributed by atoms with Crippen LogP contribution in [0, 0.1) is 16.7 Å². The number of Topliss-reactive ketones (excluding diaryl/α,β-unsaturated/α-hetero) is 1. The standard InChI is InChI=1S/C66H73N3O26/c1-33-41(30-66(85)54(93-57(80)39-21-15-10-16-22-39)52-64(6,42(72)29-43-65(52,32-88-43)95-35(3)71)53(76)49(89-34(2)70)44(33)63(66,4)5)90-58(81)50(45(37-17-11-8-12-18-37)68-55(77)38-19-13-9-14-20-38)92-62(84)86-28-27-69(7)61(83)87-31-36-23-25-40(26-24-36)67-60(82)94-59-48(75)46(73)47(74)51(91-59)56(78)79/h8-26,41-43,45-52,54,59,72-75,85H,27-32H2,1-7H3,(H,67,82)(H,68,77)(H,78,79)/t41-,42-,43+,45-,46-,47-,48+,49+,50+,51-,52?,54-,59-,64+,65-,66+/m0/s1. The summed E-state index contributed by atoms with van der Waals surface area (Å²) in [6, 6.07) is 27.2. The van der Waals surface area contributed by atoms with Crippen LogP contribution < -0.4 is 10.6 Å². The SMILES string of the molecule is CC(=O)O[C@H]1C(=O)[C@@]2(C)C([C@H](OC(=O)c3ccccc3)[C@]3(O)C[C@H](OC(=O)[C@H](OC(=O)OCCN(C)C(=O)OCc4ccc(NC(=O)O[C@@H]5O[C@H](C(=O)O)[C@@H](O)[C@H](O)[C@H]5O)cc4)[C@@H](NC(=O)c4ccccc4)c4ccccc4)C(C)=C1C3(C)C)[C@]1(OC(C)=O)CO[C@@H]1C[C@@H]2O. The molecule has 2 saturated carbocycles. The van der Waals surface area contributed by atoms with Crippen molar-refractivity contribution in [3.63, 3.8) is 0 Å². The number of ether oxygens (including phenoxy) is 10. The minimum Gasteiger partial charge on any atom is -0.479 e. The number of benzene rings is 4. The molecule has 0 spiro atoms. The highest BCUT2D eigenvalue weighted by Crippen LogP contribution is 2.64. The Labute approximate surface area is 543 Å². The number of aliphatic hydroxyl groups excluding tert-OH is 4. The summed E-state index contributed by atoms with van der Waals surface area (Å²) in [5, 5.41) is 70.9. The maximum Gasteiger partial charge on any atom is 0.509 e. The van der Waals surface area contributed by atoms with Crippen LogP contribution in [0.4, 0.5) is 20.1 Å². The van der Waals surface area contributed by atoms with Crippen LogP contribution in [0.3, 0.4) is 0 Å². The van der Waals surface area contributed by atoms with Gasteiger partial charge >= 0.3 is 48.2 Å². The van der Waals surface area contributed by atoms with Crippen LogP contribution >= 0.6 is 0 Å². The number of nitrogens with one attached hydrogen (secondary N) is 2. The molecule has 4 aromatic rings. The number of carbonyl (C=O) groups excluding carboxylic acids is 9. The first-order valence-corrected chi connectivity index (χ1v) is 30.1. The van der Waals surface area contributed by atoms with Crippen molar-refractivity contribution in [1.29, 1.82) is 0 Å². The zero-order valence-electron chi connectivity index (χ0n) is 52.5. The number of amides is 3. The van der Waals surface area contributed by atoms with Gasteiger partial charge < -0.3 is 88.2 Å². The molecule has 3 amide bonds. The van der Waals surface area contributed by atoms with Crippen molar-refractivity contribution in [2.24, 2.45) is 16.7 Å². The number of carbonyl (C=O) groups is 10. The first kappa shape index (κ1) is 70.0. The van der Waals surface area contributed by atoms with Gasteiger partial charge in [0.25, 0.3) is 5.91 Å². The van der Waals surface area contributed by atoms with Crippen LogP contribution in [-0.4, -0.2) is 201 Å². The number of fused-ring (bicyclic) bond motifs is 5. The number of likely N-dealkylation sites (N-methyl/N-ethyl adjacent to an activating group) is 1. The van der Waals surface area contributed by atoms with Crippen LogP contribution in [-0.2, 0) is 77.9 Å². The summed E-state index contributed by atoms with van der Waals surface area (Å²) >= 11 is 0. The number of carboxylic acid groups (broad SMARTS) is 1. The first-order valence-electron chi connectivity index (χ1n) is 30.1. The van der Waals surface area contributed by atoms with Crippen LogP contribution in [0.25, 0.3) is 0 Å². The lowest BCUT2D eigenvalue weighted by Gasteiger charge is -2.67. The van der Waals surface area contributed by atoms with E-state index in [0.717, 1.165) is 18.7 Å². The molecule has 5 aliphatic rings. The lowest BCUT2D eigenvalue weighted by atomic mass is 9.44. The van der Waals surface area contributed by atoms with Crippen LogP contribution in [0.15, 0.2) is 126 Å². The van der Waals surface area contributed by atoms with Gasteiger partial charge in [0.05, 0.1) is 36.2 Å². The van der Waals surface area contributed by atoms with Gasteiger partial charge in [0, 0.05) is 50.4 Å². The van der Waals surface area contributed by atoms with Crippen LogP contribution in [0.5, 0.6) is 0 Å². The molecule has 3 aliphatic carbocycles. The topological polar surface area (TPSA) is 412 Å². The summed E-state index contributed by atoms with van der Waals surface area (Å²) in [5.74, 6) is -9.35. The molecule has 2 aliphatic heterocycles. The Hall–Kier alpha value is -9.36. The number of nitrogens with zero attached hydrogens (tertiary/aromatic N) is 1. The molecule has 2 saturated heterocycles. The Morgan fingerprint density at radius 3 is 1.96 bits per heavy atom. The smallest absolute Gasteiger partial charge is 0.479 e. The number of rotatable bonds is 19. The van der Waals surface area contributed by atoms with Crippen LogP contribution in [0.1, 0.15) is 92.3 Å². The fraction of sp³-hybridized carbons (Fsp3) is 0.455. The highest BCUT2D eigenvalue weighted by atomic mass is 16.7. The van der Waals surface area contributed by atoms with E-state index in [-0.39, 0.29) is 53.1 Å². The Morgan fingerprint density at radius 1 is 0.747 bits per heavy atom. The summed E-state index contributed by atoms with van der Waals surface area (Å²) in [5.41, 5.74) is -7.79. The molecule has 9 rings (SSSR count). The van der Waals surface area contributed by atoms with Crippen molar-refractivity contribution >= 4 is 65.6 Å². The number of esters is 4. The van der Waals surface area contributed by atoms with Gasteiger partial charge in [-0.25, -0.2) is 28.8 Å². The highest BCUT2D eigenvalue weighted by molar-refractivity contribution is 5.96. The van der Waals surface area contributed by atoms with Gasteiger partial charge in [0.15, 0.2) is 23.6 Å². The van der Waals surface area contributed by atoms with Gasteiger partial charge in [0.1, 0.15) is 61.5 Å². The molecule has 2 heterocycles. The van der Waals surface area contributed by atoms with Gasteiger partial charge in [-0.2, -0.15) is 0 Å². The molecule has 4 aromatic carbocycles. The van der Waals surface area contributed by atoms with Crippen molar-refractivity contribution in [2.75, 3.05) is 32.1 Å². The predicted octanol–water partition coefficient (Wildman–Crippen LogP) is 3.61. The lowest BCUT2D eigenvalue weighted by Crippen LogP contribution is -2.82. The summed E-state index contributed by atoms with van der Waals surface area (Å²) in [6.07, 6.45) is -25.4. The molecule has 508 valence electrons. The molecule has 95 heavy (non-hydrogen) atoms. The average molecular weight is 1320 g/mol. The third-order valence-electron chi connectivity index (χ3n) is 18.2. The normalized spacial score (nSPS) is 29.4. The van der Waals surface area contributed by atoms with E-state index in [9.17, 15) is 69.0 Å². The van der Waals surface area contributed by atoms with E-state index in [1.165, 1.54) is 95.4 Å². The molecule has 2 bridgehead atoms. The van der Waals surface area contributed by atoms with Crippen molar-refractivity contribution in [2.45, 2.75) is 146 Å². The van der Waals surface area contributed by atoms with Gasteiger partial charge in [0.2, 0.25) is 12.4 Å². The minimum absolute atomic E-state index is 0.0151. The Kier molecular flexibility index (Phi) is 20.8. The maximum atomic E-state index is 15.9. The van der Waals surface area contributed by atoms with E-state index in [1.54, 1.807) is 54.6 Å². The highest BCUT2D eigenvalue weighted by Gasteiger charge is 2.78. The third-order valence-corrected chi connectivity index (χ3v) is 18.2. The second kappa shape index (κ2) is 28.3. The fourth-order valence-corrected chi connectivity index (χ4v) is 13.1. The van der Waals surface area contributed by atoms with E-state index in [2.05, 4.69) is 10.6 Å². The molecular weight excluding hydrogens is 1250 g/mol. The number of hydrogen-bond acceptors (Lipinski definition) is 25. The van der Waals surface area contributed by atoms with Gasteiger partial charge in [-0.1, -0.05) is 92.7 Å². The summed E-state index contributed by atoms with van der Waals surface area (Å²) in [7, 11) is 1.31. The largest absolute Gasteiger partial charge is 0.509 e. The molecule has 0 aromatic heterocycles. The van der Waals surface area contributed by atoms with Gasteiger partial charge in [-0.15, -0.1) is 0 Å². The van der Waals surface area contributed by atoms with Crippen LogP contribution in [0.2, 0.25) is 0 Å². The maximum absolute atomic E-state index is 15.9. The Balaban J connectivity index is 0.977. The van der Waals surface area contributed by atoms with E-state index in [4.69, 9.17) is 47.4 Å². The molecule has 4 fully saturated rings. The lowest BCUT2D eigenvalue weighted by molar-refractivity contribution is -0.346.